The lowest BCUT2D eigenvalue weighted by Crippen LogP contribution is -2.34. The van der Waals surface area contributed by atoms with Gasteiger partial charge in [0.05, 0.1) is 23.7 Å². The molecule has 1 unspecified atom stereocenters. The maximum absolute atomic E-state index is 12.7. The fourth-order valence-electron chi connectivity index (χ4n) is 3.94. The highest BCUT2D eigenvalue weighted by Gasteiger charge is 2.16. The van der Waals surface area contributed by atoms with E-state index in [9.17, 15) is 9.90 Å². The number of fused-ring (bicyclic) bond motifs is 1. The van der Waals surface area contributed by atoms with Gasteiger partial charge in [-0.15, -0.1) is 0 Å². The monoisotopic (exact) mass is 444 g/mol. The number of amides is 1. The van der Waals surface area contributed by atoms with Crippen molar-refractivity contribution < 1.29 is 14.6 Å². The van der Waals surface area contributed by atoms with Crippen LogP contribution in [0.1, 0.15) is 43.5 Å². The highest BCUT2D eigenvalue weighted by Crippen LogP contribution is 2.35. The molecule has 4 rings (SSSR count). The van der Waals surface area contributed by atoms with Crippen molar-refractivity contribution in [3.63, 3.8) is 0 Å². The number of carbonyl (C=O) groups is 1. The molecule has 2 heterocycles. The van der Waals surface area contributed by atoms with Crippen LogP contribution in [0.2, 0.25) is 0 Å². The zero-order valence-corrected chi connectivity index (χ0v) is 19.1. The number of phenols is 1. The van der Waals surface area contributed by atoms with Gasteiger partial charge in [0.2, 0.25) is 5.88 Å². The third-order valence-electron chi connectivity index (χ3n) is 5.74. The summed E-state index contributed by atoms with van der Waals surface area (Å²) in [7, 11) is 1.57. The van der Waals surface area contributed by atoms with E-state index in [4.69, 9.17) is 4.74 Å². The van der Waals surface area contributed by atoms with Crippen molar-refractivity contribution in [1.29, 1.82) is 0 Å². The number of aromatic hydroxyl groups is 1. The lowest BCUT2D eigenvalue weighted by Gasteiger charge is -2.15. The van der Waals surface area contributed by atoms with Crippen LogP contribution in [0.3, 0.4) is 0 Å². The van der Waals surface area contributed by atoms with Gasteiger partial charge in [-0.25, -0.2) is 9.97 Å². The van der Waals surface area contributed by atoms with Gasteiger partial charge in [0.25, 0.3) is 5.91 Å². The predicted molar refractivity (Wildman–Crippen MR) is 129 cm³/mol. The lowest BCUT2D eigenvalue weighted by molar-refractivity contribution is 0.0934. The Labute approximate surface area is 192 Å². The molecule has 4 aromatic rings. The van der Waals surface area contributed by atoms with Gasteiger partial charge in [0, 0.05) is 23.4 Å². The first-order valence-corrected chi connectivity index (χ1v) is 11.2. The smallest absolute Gasteiger partial charge is 0.251 e. The van der Waals surface area contributed by atoms with E-state index in [0.717, 1.165) is 35.9 Å². The van der Waals surface area contributed by atoms with E-state index in [-0.39, 0.29) is 17.7 Å². The first-order valence-electron chi connectivity index (χ1n) is 11.2. The molecule has 0 bridgehead atoms. The summed E-state index contributed by atoms with van der Waals surface area (Å²) < 4.78 is 5.37. The summed E-state index contributed by atoms with van der Waals surface area (Å²) in [5, 5.41) is 13.6. The molecule has 33 heavy (non-hydrogen) atoms. The average Bonchev–Trinajstić information content (AvgIpc) is 3.27. The van der Waals surface area contributed by atoms with Gasteiger partial charge in [-0.2, -0.15) is 0 Å². The van der Waals surface area contributed by atoms with Gasteiger partial charge in [-0.3, -0.25) is 4.79 Å². The molecular weight excluding hydrogens is 416 g/mol. The topological polar surface area (TPSA) is 100 Å². The lowest BCUT2D eigenvalue weighted by atomic mass is 10.0. The summed E-state index contributed by atoms with van der Waals surface area (Å²) >= 11 is 0. The number of hydrogen-bond donors (Lipinski definition) is 3. The Hall–Kier alpha value is -3.87. The van der Waals surface area contributed by atoms with Gasteiger partial charge in [-0.1, -0.05) is 26.3 Å². The normalized spacial score (nSPS) is 12.0. The molecule has 7 heteroatoms. The molecule has 0 aliphatic carbocycles. The number of pyridine rings is 1. The van der Waals surface area contributed by atoms with Crippen LogP contribution in [-0.4, -0.2) is 39.1 Å². The summed E-state index contributed by atoms with van der Waals surface area (Å²) in [6.07, 6.45) is 4.54. The number of imidazole rings is 1. The minimum Gasteiger partial charge on any atom is -0.507 e. The first-order chi connectivity index (χ1) is 16.0. The number of phenolic OH excluding ortho intramolecular Hbond substituents is 1. The van der Waals surface area contributed by atoms with Crippen molar-refractivity contribution in [1.82, 2.24) is 20.3 Å². The van der Waals surface area contributed by atoms with Crippen LogP contribution in [-0.2, 0) is 0 Å². The van der Waals surface area contributed by atoms with E-state index in [0.29, 0.717) is 28.3 Å². The van der Waals surface area contributed by atoms with Gasteiger partial charge < -0.3 is 20.1 Å². The molecule has 0 saturated carbocycles. The molecule has 0 aliphatic rings. The minimum atomic E-state index is -0.102. The number of nitrogens with zero attached hydrogens (tertiary/aromatic N) is 2. The quantitative estimate of drug-likeness (QED) is 0.342. The Morgan fingerprint density at radius 1 is 1.15 bits per heavy atom. The van der Waals surface area contributed by atoms with E-state index in [1.807, 2.05) is 30.3 Å². The molecule has 0 spiro atoms. The van der Waals surface area contributed by atoms with Crippen molar-refractivity contribution in [2.75, 3.05) is 7.11 Å². The standard InChI is InChI=1S/C26H28N4O3/c1-4-7-18(5-2)28-25(32)17-9-11-21-22(15-17)30-24(29-21)20-14-16(10-12-23(20)31)19-8-6-13-27-26(19)33-3/h6,8-15,18,31H,4-5,7H2,1-3H3,(H,28,32)(H,29,30). The molecule has 170 valence electrons. The SMILES string of the molecule is CCCC(CC)NC(=O)c1ccc2[nH]c(-c3cc(-c4cccnc4OC)ccc3O)nc2c1. The number of hydrogen-bond acceptors (Lipinski definition) is 5. The predicted octanol–water partition coefficient (Wildman–Crippen LogP) is 5.31. The number of nitrogens with one attached hydrogen (secondary N) is 2. The fourth-order valence-corrected chi connectivity index (χ4v) is 3.94. The van der Waals surface area contributed by atoms with Crippen LogP contribution in [0.4, 0.5) is 0 Å². The highest BCUT2D eigenvalue weighted by atomic mass is 16.5. The number of H-pyrrole nitrogens is 1. The molecule has 2 aromatic carbocycles. The van der Waals surface area contributed by atoms with Crippen molar-refractivity contribution in [2.45, 2.75) is 39.2 Å². The van der Waals surface area contributed by atoms with Crippen LogP contribution in [0.25, 0.3) is 33.5 Å². The zero-order chi connectivity index (χ0) is 23.4. The Bertz CT molecular complexity index is 1280. The maximum atomic E-state index is 12.7. The fraction of sp³-hybridized carbons (Fsp3) is 0.269. The summed E-state index contributed by atoms with van der Waals surface area (Å²) in [6, 6.07) is 14.6. The van der Waals surface area contributed by atoms with Crippen LogP contribution in [0.15, 0.2) is 54.7 Å². The van der Waals surface area contributed by atoms with Crippen LogP contribution >= 0.6 is 0 Å². The second-order valence-electron chi connectivity index (χ2n) is 7.98. The number of aromatic amines is 1. The van der Waals surface area contributed by atoms with E-state index in [2.05, 4.69) is 34.1 Å². The summed E-state index contributed by atoms with van der Waals surface area (Å²) in [6.45, 7) is 4.19. The summed E-state index contributed by atoms with van der Waals surface area (Å²) in [4.78, 5) is 24.9. The molecule has 7 nitrogen and oxygen atoms in total. The van der Waals surface area contributed by atoms with E-state index < -0.39 is 0 Å². The van der Waals surface area contributed by atoms with Gasteiger partial charge >= 0.3 is 0 Å². The third kappa shape index (κ3) is 4.67. The van der Waals surface area contributed by atoms with Crippen molar-refractivity contribution >= 4 is 16.9 Å². The Morgan fingerprint density at radius 2 is 2.00 bits per heavy atom. The van der Waals surface area contributed by atoms with Gasteiger partial charge in [0.1, 0.15) is 11.6 Å². The molecule has 0 radical (unpaired) electrons. The van der Waals surface area contributed by atoms with Crippen molar-refractivity contribution in [3.8, 4) is 34.1 Å². The molecule has 2 aromatic heterocycles. The average molecular weight is 445 g/mol. The second-order valence-corrected chi connectivity index (χ2v) is 7.98. The number of ether oxygens (including phenoxy) is 1. The number of methoxy groups -OCH3 is 1. The van der Waals surface area contributed by atoms with Gasteiger partial charge in [0.15, 0.2) is 0 Å². The van der Waals surface area contributed by atoms with E-state index in [1.165, 1.54) is 0 Å². The largest absolute Gasteiger partial charge is 0.507 e. The van der Waals surface area contributed by atoms with Crippen LogP contribution < -0.4 is 10.1 Å². The maximum Gasteiger partial charge on any atom is 0.251 e. The number of carbonyl (C=O) groups excluding carboxylic acids is 1. The van der Waals surface area contributed by atoms with Gasteiger partial charge in [-0.05, 0) is 60.9 Å². The highest BCUT2D eigenvalue weighted by molar-refractivity contribution is 5.98. The molecule has 1 atom stereocenters. The van der Waals surface area contributed by atoms with Crippen LogP contribution in [0, 0.1) is 0 Å². The number of aromatic nitrogens is 3. The second kappa shape index (κ2) is 9.73. The molecule has 1 amide bonds. The number of benzene rings is 2. The van der Waals surface area contributed by atoms with E-state index in [1.54, 1.807) is 31.5 Å². The van der Waals surface area contributed by atoms with Crippen LogP contribution in [0.5, 0.6) is 11.6 Å². The van der Waals surface area contributed by atoms with Crippen molar-refractivity contribution in [2.24, 2.45) is 0 Å². The summed E-state index contributed by atoms with van der Waals surface area (Å²) in [5.41, 5.74) is 4.21. The molecular formula is C26H28N4O3. The zero-order valence-electron chi connectivity index (χ0n) is 19.1. The molecule has 0 aliphatic heterocycles. The first kappa shape index (κ1) is 22.3. The Kier molecular flexibility index (Phi) is 6.58. The molecule has 3 N–H and O–H groups in total. The van der Waals surface area contributed by atoms with Crippen molar-refractivity contribution in [3.05, 3.63) is 60.3 Å². The Balaban J connectivity index is 1.67. The molecule has 0 saturated heterocycles. The minimum absolute atomic E-state index is 0.101. The number of rotatable bonds is 8. The third-order valence-corrected chi connectivity index (χ3v) is 5.74. The molecule has 0 fully saturated rings. The summed E-state index contributed by atoms with van der Waals surface area (Å²) in [5.74, 6) is 1.02. The Morgan fingerprint density at radius 3 is 2.76 bits per heavy atom. The van der Waals surface area contributed by atoms with E-state index >= 15 is 0 Å².